The summed E-state index contributed by atoms with van der Waals surface area (Å²) in [5.41, 5.74) is 1.02. The minimum absolute atomic E-state index is 0.0592. The van der Waals surface area contributed by atoms with Crippen molar-refractivity contribution in [2.45, 2.75) is 56.1 Å². The predicted molar refractivity (Wildman–Crippen MR) is 162 cm³/mol. The molecule has 1 unspecified atom stereocenters. The van der Waals surface area contributed by atoms with Gasteiger partial charge in [-0.15, -0.1) is 0 Å². The van der Waals surface area contributed by atoms with Gasteiger partial charge in [0.25, 0.3) is 10.0 Å². The fourth-order valence-electron chi connectivity index (χ4n) is 4.64. The van der Waals surface area contributed by atoms with E-state index in [2.05, 4.69) is 27.9 Å². The Morgan fingerprint density at radius 2 is 1.59 bits per heavy atom. The summed E-state index contributed by atoms with van der Waals surface area (Å²) in [4.78, 5) is 28.7. The Balaban J connectivity index is 1.68. The molecule has 0 spiro atoms. The summed E-state index contributed by atoms with van der Waals surface area (Å²) in [5, 5.41) is 3.53. The van der Waals surface area contributed by atoms with Crippen molar-refractivity contribution in [3.8, 4) is 0 Å². The third-order valence-corrected chi connectivity index (χ3v) is 9.77. The summed E-state index contributed by atoms with van der Waals surface area (Å²) in [7, 11) is -4.08. The lowest BCUT2D eigenvalue weighted by Gasteiger charge is -2.32. The van der Waals surface area contributed by atoms with Gasteiger partial charge in [-0.05, 0) is 90.4 Å². The third-order valence-electron chi connectivity index (χ3n) is 6.89. The molecule has 1 aliphatic rings. The molecule has 0 aliphatic heterocycles. The number of nitrogens with zero attached hydrogens (tertiary/aromatic N) is 2. The Morgan fingerprint density at radius 3 is 2.23 bits per heavy atom. The fraction of sp³-hybridized carbons (Fsp3) is 0.310. The molecule has 10 heteroatoms. The van der Waals surface area contributed by atoms with E-state index in [0.29, 0.717) is 16.3 Å². The van der Waals surface area contributed by atoms with Crippen LogP contribution in [0.25, 0.3) is 0 Å². The largest absolute Gasteiger partial charge is 0.352 e. The Labute approximate surface area is 248 Å². The molecule has 1 N–H and O–H groups in total. The maximum absolute atomic E-state index is 14.0. The van der Waals surface area contributed by atoms with Crippen LogP contribution >= 0.6 is 34.2 Å². The summed E-state index contributed by atoms with van der Waals surface area (Å²) in [6, 6.07) is 21.3. The van der Waals surface area contributed by atoms with Crippen molar-refractivity contribution >= 4 is 61.7 Å². The van der Waals surface area contributed by atoms with Crippen LogP contribution in [0.3, 0.4) is 0 Å². The van der Waals surface area contributed by atoms with Gasteiger partial charge in [0, 0.05) is 21.2 Å². The highest BCUT2D eigenvalue weighted by atomic mass is 127. The van der Waals surface area contributed by atoms with Crippen molar-refractivity contribution in [1.82, 2.24) is 10.2 Å². The normalized spacial score (nSPS) is 14.5. The molecule has 1 saturated carbocycles. The van der Waals surface area contributed by atoms with Gasteiger partial charge in [0.1, 0.15) is 12.6 Å². The van der Waals surface area contributed by atoms with Gasteiger partial charge in [0.2, 0.25) is 11.8 Å². The first-order chi connectivity index (χ1) is 18.7. The summed E-state index contributed by atoms with van der Waals surface area (Å²) in [6.07, 6.45) is 3.94. The minimum Gasteiger partial charge on any atom is -0.352 e. The van der Waals surface area contributed by atoms with Gasteiger partial charge in [-0.25, -0.2) is 8.42 Å². The van der Waals surface area contributed by atoms with Gasteiger partial charge < -0.3 is 10.2 Å². The maximum Gasteiger partial charge on any atom is 0.264 e. The number of nitrogens with one attached hydrogen (secondary N) is 1. The lowest BCUT2D eigenvalue weighted by molar-refractivity contribution is -0.139. The van der Waals surface area contributed by atoms with Crippen molar-refractivity contribution in [2.24, 2.45) is 0 Å². The number of halogens is 2. The quantitative estimate of drug-likeness (QED) is 0.282. The molecule has 1 atom stereocenters. The van der Waals surface area contributed by atoms with Crippen molar-refractivity contribution in [2.75, 3.05) is 10.8 Å². The van der Waals surface area contributed by atoms with Crippen LogP contribution in [0.2, 0.25) is 5.02 Å². The Hall–Kier alpha value is -2.63. The van der Waals surface area contributed by atoms with Crippen molar-refractivity contribution in [3.63, 3.8) is 0 Å². The molecule has 3 aromatic carbocycles. The number of carbonyl (C=O) groups is 2. The number of hydrogen-bond acceptors (Lipinski definition) is 4. The first kappa shape index (κ1) is 29.4. The van der Waals surface area contributed by atoms with Crippen LogP contribution in [-0.4, -0.2) is 43.8 Å². The molecular formula is C29H31ClIN3O4S. The van der Waals surface area contributed by atoms with Gasteiger partial charge in [-0.2, -0.15) is 0 Å². The standard InChI is InChI=1S/C29H31ClIN3O4S/c1-21(29(36)32-24-10-6-7-11-24)33(19-22-9-5-8-14-27(22)30)28(35)20-34(25-17-15-23(31)16-18-25)39(37,38)26-12-3-2-4-13-26/h2-5,8-9,12-18,21,24H,6-7,10-11,19-20H2,1H3,(H,32,36). The van der Waals surface area contributed by atoms with Crippen LogP contribution in [0.5, 0.6) is 0 Å². The molecule has 206 valence electrons. The van der Waals surface area contributed by atoms with E-state index in [9.17, 15) is 18.0 Å². The monoisotopic (exact) mass is 679 g/mol. The summed E-state index contributed by atoms with van der Waals surface area (Å²) < 4.78 is 29.6. The maximum atomic E-state index is 14.0. The van der Waals surface area contributed by atoms with Crippen molar-refractivity contribution < 1.29 is 18.0 Å². The molecule has 39 heavy (non-hydrogen) atoms. The fourth-order valence-corrected chi connectivity index (χ4v) is 6.63. The molecule has 0 radical (unpaired) electrons. The van der Waals surface area contributed by atoms with E-state index in [-0.39, 0.29) is 23.4 Å². The number of benzene rings is 3. The van der Waals surface area contributed by atoms with Crippen molar-refractivity contribution in [3.05, 3.63) is 93.0 Å². The lowest BCUT2D eigenvalue weighted by Crippen LogP contribution is -2.52. The van der Waals surface area contributed by atoms with Crippen molar-refractivity contribution in [1.29, 1.82) is 0 Å². The van der Waals surface area contributed by atoms with E-state index in [1.807, 2.05) is 6.07 Å². The van der Waals surface area contributed by atoms with E-state index in [1.54, 1.807) is 67.6 Å². The second-order valence-electron chi connectivity index (χ2n) is 9.58. The van der Waals surface area contributed by atoms with Crippen LogP contribution in [0.15, 0.2) is 83.8 Å². The van der Waals surface area contributed by atoms with Crippen LogP contribution in [-0.2, 0) is 26.2 Å². The summed E-state index contributed by atoms with van der Waals surface area (Å²) >= 11 is 8.56. The molecule has 4 rings (SSSR count). The molecule has 2 amide bonds. The highest BCUT2D eigenvalue weighted by Gasteiger charge is 2.33. The number of carbonyl (C=O) groups excluding carboxylic acids is 2. The van der Waals surface area contributed by atoms with E-state index in [4.69, 9.17) is 11.6 Å². The topological polar surface area (TPSA) is 86.8 Å². The molecule has 0 heterocycles. The SMILES string of the molecule is CC(C(=O)NC1CCCC1)N(Cc1ccccc1Cl)C(=O)CN(c1ccc(I)cc1)S(=O)(=O)c1ccccc1. The third kappa shape index (κ3) is 7.32. The van der Waals surface area contributed by atoms with Gasteiger partial charge in [0.05, 0.1) is 10.6 Å². The zero-order valence-electron chi connectivity index (χ0n) is 21.6. The second-order valence-corrected chi connectivity index (χ2v) is 13.1. The van der Waals surface area contributed by atoms with E-state index >= 15 is 0 Å². The number of anilines is 1. The van der Waals surface area contributed by atoms with Gasteiger partial charge in [-0.1, -0.05) is 60.8 Å². The molecule has 0 aromatic heterocycles. The van der Waals surface area contributed by atoms with Crippen LogP contribution < -0.4 is 9.62 Å². The van der Waals surface area contributed by atoms with E-state index < -0.39 is 28.5 Å². The van der Waals surface area contributed by atoms with Crippen LogP contribution in [0.1, 0.15) is 38.2 Å². The molecule has 0 saturated heterocycles. The Bertz CT molecular complexity index is 1400. The first-order valence-electron chi connectivity index (χ1n) is 12.8. The average Bonchev–Trinajstić information content (AvgIpc) is 3.45. The number of amides is 2. The van der Waals surface area contributed by atoms with E-state index in [1.165, 1.54) is 17.0 Å². The van der Waals surface area contributed by atoms with Gasteiger partial charge >= 0.3 is 0 Å². The lowest BCUT2D eigenvalue weighted by atomic mass is 10.1. The van der Waals surface area contributed by atoms with E-state index in [0.717, 1.165) is 33.6 Å². The van der Waals surface area contributed by atoms with Crippen LogP contribution in [0.4, 0.5) is 5.69 Å². The molecule has 0 bridgehead atoms. The zero-order chi connectivity index (χ0) is 28.0. The smallest absolute Gasteiger partial charge is 0.264 e. The zero-order valence-corrected chi connectivity index (χ0v) is 25.3. The summed E-state index contributed by atoms with van der Waals surface area (Å²) in [5.74, 6) is -0.781. The molecule has 3 aromatic rings. The average molecular weight is 680 g/mol. The molecule has 1 fully saturated rings. The number of rotatable bonds is 10. The highest BCUT2D eigenvalue weighted by Crippen LogP contribution is 2.26. The second kappa shape index (κ2) is 13.1. The molecule has 1 aliphatic carbocycles. The highest BCUT2D eigenvalue weighted by molar-refractivity contribution is 14.1. The van der Waals surface area contributed by atoms with Gasteiger partial charge in [-0.3, -0.25) is 13.9 Å². The summed E-state index contributed by atoms with van der Waals surface area (Å²) in [6.45, 7) is 1.24. The Morgan fingerprint density at radius 1 is 0.974 bits per heavy atom. The number of hydrogen-bond donors (Lipinski definition) is 1. The Kier molecular flexibility index (Phi) is 9.90. The number of sulfonamides is 1. The minimum atomic E-state index is -4.08. The van der Waals surface area contributed by atoms with Gasteiger partial charge in [0.15, 0.2) is 0 Å². The first-order valence-corrected chi connectivity index (χ1v) is 15.7. The predicted octanol–water partition coefficient (Wildman–Crippen LogP) is 5.62. The molecule has 7 nitrogen and oxygen atoms in total. The molecular weight excluding hydrogens is 649 g/mol. The van der Waals surface area contributed by atoms with Crippen LogP contribution in [0, 0.1) is 3.57 Å².